The standard InChI is InChI=1S/C19H13ClN2O3/c20-14-5-6-16-15(10-14)18(23)22-8-7-13(17(22)21-16)9-11-1-3-12(4-2-11)19(24)25/h1-6,9-10H,7-8H2,(H,24,25)/b13-9+. The Kier molecular flexibility index (Phi) is 3.66. The largest absolute Gasteiger partial charge is 0.478 e. The Balaban J connectivity index is 1.81. The molecule has 25 heavy (non-hydrogen) atoms. The molecule has 1 aliphatic rings. The van der Waals surface area contributed by atoms with Crippen molar-refractivity contribution in [1.29, 1.82) is 0 Å². The molecule has 0 fully saturated rings. The van der Waals surface area contributed by atoms with Crippen molar-refractivity contribution in [3.8, 4) is 0 Å². The molecule has 0 atom stereocenters. The number of nitrogens with zero attached hydrogens (tertiary/aromatic N) is 2. The summed E-state index contributed by atoms with van der Waals surface area (Å²) in [5.41, 5.74) is 2.60. The minimum atomic E-state index is -0.955. The van der Waals surface area contributed by atoms with Crippen molar-refractivity contribution in [2.45, 2.75) is 13.0 Å². The lowest BCUT2D eigenvalue weighted by atomic mass is 10.1. The minimum absolute atomic E-state index is 0.0906. The van der Waals surface area contributed by atoms with Crippen LogP contribution in [0.15, 0.2) is 47.3 Å². The van der Waals surface area contributed by atoms with Gasteiger partial charge in [-0.1, -0.05) is 23.7 Å². The van der Waals surface area contributed by atoms with Crippen LogP contribution in [0.3, 0.4) is 0 Å². The van der Waals surface area contributed by atoms with E-state index in [2.05, 4.69) is 4.98 Å². The maximum absolute atomic E-state index is 12.7. The summed E-state index contributed by atoms with van der Waals surface area (Å²) in [6.07, 6.45) is 2.64. The summed E-state index contributed by atoms with van der Waals surface area (Å²) < 4.78 is 1.66. The molecule has 3 aromatic rings. The van der Waals surface area contributed by atoms with E-state index in [0.717, 1.165) is 11.1 Å². The monoisotopic (exact) mass is 352 g/mol. The van der Waals surface area contributed by atoms with E-state index >= 15 is 0 Å². The van der Waals surface area contributed by atoms with E-state index < -0.39 is 5.97 Å². The number of allylic oxidation sites excluding steroid dienone is 1. The first-order valence-corrected chi connectivity index (χ1v) is 8.15. The fourth-order valence-electron chi connectivity index (χ4n) is 3.05. The molecule has 124 valence electrons. The molecule has 0 aliphatic carbocycles. The van der Waals surface area contributed by atoms with Crippen molar-refractivity contribution in [2.24, 2.45) is 0 Å². The Morgan fingerprint density at radius 2 is 1.96 bits per heavy atom. The Labute approximate surface area is 147 Å². The van der Waals surface area contributed by atoms with Crippen LogP contribution in [0.25, 0.3) is 22.6 Å². The molecule has 1 N–H and O–H groups in total. The van der Waals surface area contributed by atoms with Crippen LogP contribution in [0.1, 0.15) is 28.2 Å². The highest BCUT2D eigenvalue weighted by molar-refractivity contribution is 6.31. The fourth-order valence-corrected chi connectivity index (χ4v) is 3.22. The lowest BCUT2D eigenvalue weighted by Gasteiger charge is -2.06. The first kappa shape index (κ1) is 15.6. The Bertz CT molecular complexity index is 1100. The predicted octanol–water partition coefficient (Wildman–Crippen LogP) is 3.69. The number of halogens is 1. The Morgan fingerprint density at radius 3 is 2.68 bits per heavy atom. The number of carboxylic acids is 1. The van der Waals surface area contributed by atoms with Crippen LogP contribution in [0, 0.1) is 0 Å². The number of aromatic carboxylic acids is 1. The maximum atomic E-state index is 12.7. The summed E-state index contributed by atoms with van der Waals surface area (Å²) in [7, 11) is 0. The summed E-state index contributed by atoms with van der Waals surface area (Å²) in [6.45, 7) is 0.572. The van der Waals surface area contributed by atoms with Crippen LogP contribution in [0.4, 0.5) is 0 Å². The van der Waals surface area contributed by atoms with Gasteiger partial charge >= 0.3 is 5.97 Å². The average Bonchev–Trinajstić information content (AvgIpc) is 2.99. The molecule has 0 amide bonds. The maximum Gasteiger partial charge on any atom is 0.335 e. The zero-order valence-electron chi connectivity index (χ0n) is 13.1. The Hall–Kier alpha value is -2.92. The molecule has 1 aliphatic heterocycles. The summed E-state index contributed by atoms with van der Waals surface area (Å²) in [6, 6.07) is 11.7. The second-order valence-electron chi connectivity index (χ2n) is 5.90. The lowest BCUT2D eigenvalue weighted by Crippen LogP contribution is -2.20. The molecule has 4 rings (SSSR count). The second kappa shape index (κ2) is 5.86. The van der Waals surface area contributed by atoms with Crippen LogP contribution in [-0.4, -0.2) is 20.6 Å². The third-order valence-corrected chi connectivity index (χ3v) is 4.54. The number of hydrogen-bond donors (Lipinski definition) is 1. The number of hydrogen-bond acceptors (Lipinski definition) is 3. The van der Waals surface area contributed by atoms with E-state index in [4.69, 9.17) is 16.7 Å². The molecule has 0 unspecified atom stereocenters. The van der Waals surface area contributed by atoms with Crippen LogP contribution in [0.5, 0.6) is 0 Å². The van der Waals surface area contributed by atoms with Gasteiger partial charge in [-0.2, -0.15) is 0 Å². The van der Waals surface area contributed by atoms with E-state index in [-0.39, 0.29) is 11.1 Å². The van der Waals surface area contributed by atoms with Crippen LogP contribution in [0.2, 0.25) is 5.02 Å². The van der Waals surface area contributed by atoms with E-state index in [1.165, 1.54) is 0 Å². The fraction of sp³-hybridized carbons (Fsp3) is 0.105. The van der Waals surface area contributed by atoms with Crippen molar-refractivity contribution >= 4 is 40.1 Å². The van der Waals surface area contributed by atoms with Gasteiger partial charge in [0.25, 0.3) is 5.56 Å². The number of fused-ring (bicyclic) bond motifs is 2. The molecule has 0 radical (unpaired) electrons. The molecular formula is C19H13ClN2O3. The first-order valence-electron chi connectivity index (χ1n) is 7.77. The quantitative estimate of drug-likeness (QED) is 0.763. The zero-order chi connectivity index (χ0) is 17.6. The predicted molar refractivity (Wildman–Crippen MR) is 96.9 cm³/mol. The van der Waals surface area contributed by atoms with Crippen LogP contribution in [-0.2, 0) is 6.54 Å². The summed E-state index contributed by atoms with van der Waals surface area (Å²) in [4.78, 5) is 28.2. The lowest BCUT2D eigenvalue weighted by molar-refractivity contribution is 0.0697. The highest BCUT2D eigenvalue weighted by Crippen LogP contribution is 2.28. The van der Waals surface area contributed by atoms with E-state index in [1.807, 2.05) is 6.08 Å². The number of rotatable bonds is 2. The molecule has 0 bridgehead atoms. The van der Waals surface area contributed by atoms with Gasteiger partial charge in [0.2, 0.25) is 0 Å². The third-order valence-electron chi connectivity index (χ3n) is 4.31. The van der Waals surface area contributed by atoms with Gasteiger partial charge in [0.1, 0.15) is 5.82 Å². The van der Waals surface area contributed by atoms with Gasteiger partial charge in [-0.05, 0) is 54.0 Å². The average molecular weight is 353 g/mol. The van der Waals surface area contributed by atoms with Gasteiger partial charge in [0.15, 0.2) is 0 Å². The molecule has 0 saturated heterocycles. The van der Waals surface area contributed by atoms with Gasteiger partial charge in [-0.25, -0.2) is 9.78 Å². The van der Waals surface area contributed by atoms with E-state index in [9.17, 15) is 9.59 Å². The zero-order valence-corrected chi connectivity index (χ0v) is 13.8. The van der Waals surface area contributed by atoms with E-state index in [0.29, 0.717) is 34.7 Å². The Morgan fingerprint density at radius 1 is 1.20 bits per heavy atom. The highest BCUT2D eigenvalue weighted by Gasteiger charge is 2.21. The molecular weight excluding hydrogens is 340 g/mol. The van der Waals surface area contributed by atoms with Crippen molar-refractivity contribution in [1.82, 2.24) is 9.55 Å². The van der Waals surface area contributed by atoms with Crippen molar-refractivity contribution in [3.05, 3.63) is 74.8 Å². The topological polar surface area (TPSA) is 72.2 Å². The van der Waals surface area contributed by atoms with Crippen molar-refractivity contribution in [2.75, 3.05) is 0 Å². The molecule has 6 heteroatoms. The van der Waals surface area contributed by atoms with Crippen molar-refractivity contribution in [3.63, 3.8) is 0 Å². The van der Waals surface area contributed by atoms with Crippen molar-refractivity contribution < 1.29 is 9.90 Å². The number of benzene rings is 2. The number of carboxylic acid groups (broad SMARTS) is 1. The summed E-state index contributed by atoms with van der Waals surface area (Å²) >= 11 is 5.98. The molecule has 2 heterocycles. The molecule has 1 aromatic heterocycles. The SMILES string of the molecule is O=C(O)c1ccc(/C=C2\CCn3c2nc2ccc(Cl)cc2c3=O)cc1. The number of aromatic nitrogens is 2. The highest BCUT2D eigenvalue weighted by atomic mass is 35.5. The van der Waals surface area contributed by atoms with Gasteiger partial charge in [0.05, 0.1) is 16.5 Å². The number of carbonyl (C=O) groups is 1. The smallest absolute Gasteiger partial charge is 0.335 e. The van der Waals surface area contributed by atoms with Gasteiger partial charge in [-0.15, -0.1) is 0 Å². The van der Waals surface area contributed by atoms with Gasteiger partial charge in [-0.3, -0.25) is 9.36 Å². The van der Waals surface area contributed by atoms with E-state index in [1.54, 1.807) is 47.0 Å². The van der Waals surface area contributed by atoms with Crippen LogP contribution < -0.4 is 5.56 Å². The molecule has 5 nitrogen and oxygen atoms in total. The van der Waals surface area contributed by atoms with Gasteiger partial charge < -0.3 is 5.11 Å². The molecule has 0 saturated carbocycles. The summed E-state index contributed by atoms with van der Waals surface area (Å²) in [5, 5.41) is 10.00. The van der Waals surface area contributed by atoms with Gasteiger partial charge in [0, 0.05) is 11.6 Å². The summed E-state index contributed by atoms with van der Waals surface area (Å²) in [5.74, 6) is -0.300. The van der Waals surface area contributed by atoms with Crippen LogP contribution >= 0.6 is 11.6 Å². The molecule has 2 aromatic carbocycles. The molecule has 0 spiro atoms. The normalized spacial score (nSPS) is 14.8. The first-order chi connectivity index (χ1) is 12.0. The second-order valence-corrected chi connectivity index (χ2v) is 6.34. The third kappa shape index (κ3) is 2.72. The minimum Gasteiger partial charge on any atom is -0.478 e.